The molecule has 0 heterocycles. The molecule has 0 saturated heterocycles. The Morgan fingerprint density at radius 3 is 2.47 bits per heavy atom. The van der Waals surface area contributed by atoms with Crippen molar-refractivity contribution in [3.63, 3.8) is 0 Å². The highest BCUT2D eigenvalue weighted by atomic mass is 32.2. The van der Waals surface area contributed by atoms with E-state index in [9.17, 15) is 8.42 Å². The van der Waals surface area contributed by atoms with E-state index in [4.69, 9.17) is 4.74 Å². The molecule has 96 valence electrons. The molecule has 5 heteroatoms. The van der Waals surface area contributed by atoms with Crippen LogP contribution in [0.4, 0.5) is 0 Å². The minimum absolute atomic E-state index is 0.151. The van der Waals surface area contributed by atoms with E-state index in [2.05, 4.69) is 4.72 Å². The number of sulfonamides is 1. The first kappa shape index (κ1) is 14.2. The lowest BCUT2D eigenvalue weighted by Gasteiger charge is -2.16. The van der Waals surface area contributed by atoms with E-state index in [0.29, 0.717) is 6.42 Å². The summed E-state index contributed by atoms with van der Waals surface area (Å²) in [4.78, 5) is 0. The second kappa shape index (κ2) is 6.74. The molecule has 0 spiro atoms. The average Bonchev–Trinajstić information content (AvgIpc) is 2.31. The van der Waals surface area contributed by atoms with Crippen LogP contribution in [0.3, 0.4) is 0 Å². The van der Waals surface area contributed by atoms with Crippen molar-refractivity contribution in [2.75, 3.05) is 19.4 Å². The highest BCUT2D eigenvalue weighted by Crippen LogP contribution is 2.15. The van der Waals surface area contributed by atoms with Crippen LogP contribution in [0.1, 0.15) is 25.0 Å². The summed E-state index contributed by atoms with van der Waals surface area (Å²) in [6.45, 7) is 2.10. The summed E-state index contributed by atoms with van der Waals surface area (Å²) in [6.07, 6.45) is 0.362. The van der Waals surface area contributed by atoms with Crippen molar-refractivity contribution >= 4 is 10.0 Å². The van der Waals surface area contributed by atoms with Gasteiger partial charge in [0.1, 0.15) is 0 Å². The number of hydrogen-bond donors (Lipinski definition) is 1. The van der Waals surface area contributed by atoms with Crippen molar-refractivity contribution in [2.45, 2.75) is 19.4 Å². The molecular formula is C12H19NO3S. The molecule has 0 radical (unpaired) electrons. The second-order valence-electron chi connectivity index (χ2n) is 3.80. The molecule has 1 rings (SSSR count). The topological polar surface area (TPSA) is 55.4 Å². The zero-order chi connectivity index (χ0) is 12.7. The van der Waals surface area contributed by atoms with Crippen LogP contribution < -0.4 is 4.72 Å². The molecule has 0 fully saturated rings. The van der Waals surface area contributed by atoms with Gasteiger partial charge in [-0.25, -0.2) is 13.1 Å². The molecule has 17 heavy (non-hydrogen) atoms. The third kappa shape index (κ3) is 4.85. The highest BCUT2D eigenvalue weighted by molar-refractivity contribution is 7.89. The number of nitrogens with one attached hydrogen (secondary N) is 1. The van der Waals surface area contributed by atoms with E-state index in [0.717, 1.165) is 5.56 Å². The lowest BCUT2D eigenvalue weighted by atomic mass is 10.1. The zero-order valence-corrected chi connectivity index (χ0v) is 11.0. The van der Waals surface area contributed by atoms with Gasteiger partial charge in [0.05, 0.1) is 11.9 Å². The number of methoxy groups -OCH3 is 1. The molecule has 4 nitrogen and oxygen atoms in total. The van der Waals surface area contributed by atoms with E-state index in [1.54, 1.807) is 7.11 Å². The monoisotopic (exact) mass is 257 g/mol. The Balaban J connectivity index is 2.60. The summed E-state index contributed by atoms with van der Waals surface area (Å²) >= 11 is 0. The molecular weight excluding hydrogens is 238 g/mol. The first-order valence-corrected chi connectivity index (χ1v) is 7.29. The van der Waals surface area contributed by atoms with E-state index in [-0.39, 0.29) is 18.4 Å². The third-order valence-corrected chi connectivity index (χ3v) is 3.97. The summed E-state index contributed by atoms with van der Waals surface area (Å²) < 4.78 is 30.9. The highest BCUT2D eigenvalue weighted by Gasteiger charge is 2.14. The van der Waals surface area contributed by atoms with E-state index in [1.807, 2.05) is 37.3 Å². The predicted molar refractivity (Wildman–Crippen MR) is 68.3 cm³/mol. The van der Waals surface area contributed by atoms with Crippen molar-refractivity contribution < 1.29 is 13.2 Å². The summed E-state index contributed by atoms with van der Waals surface area (Å²) in [5.74, 6) is 0.151. The summed E-state index contributed by atoms with van der Waals surface area (Å²) in [5.41, 5.74) is 0.967. The molecule has 0 amide bonds. The summed E-state index contributed by atoms with van der Waals surface area (Å²) in [5, 5.41) is 0. The van der Waals surface area contributed by atoms with Gasteiger partial charge in [-0.15, -0.1) is 0 Å². The van der Waals surface area contributed by atoms with Gasteiger partial charge in [-0.3, -0.25) is 0 Å². The lowest BCUT2D eigenvalue weighted by Crippen LogP contribution is -2.31. The Morgan fingerprint density at radius 2 is 1.94 bits per heavy atom. The van der Waals surface area contributed by atoms with Crippen molar-refractivity contribution in [1.82, 2.24) is 4.72 Å². The van der Waals surface area contributed by atoms with Gasteiger partial charge in [0.2, 0.25) is 10.0 Å². The van der Waals surface area contributed by atoms with E-state index >= 15 is 0 Å². The lowest BCUT2D eigenvalue weighted by molar-refractivity contribution is 0.107. The first-order valence-electron chi connectivity index (χ1n) is 5.64. The Kier molecular flexibility index (Phi) is 5.61. The van der Waals surface area contributed by atoms with E-state index in [1.165, 1.54) is 0 Å². The maximum Gasteiger partial charge on any atom is 0.211 e. The minimum Gasteiger partial charge on any atom is -0.375 e. The summed E-state index contributed by atoms with van der Waals surface area (Å²) in [7, 11) is -1.60. The van der Waals surface area contributed by atoms with Crippen molar-refractivity contribution in [3.8, 4) is 0 Å². The molecule has 1 aromatic carbocycles. The molecule has 0 saturated carbocycles. The maximum atomic E-state index is 11.5. The largest absolute Gasteiger partial charge is 0.375 e. The van der Waals surface area contributed by atoms with Crippen LogP contribution in [-0.4, -0.2) is 27.8 Å². The minimum atomic E-state index is -3.17. The van der Waals surface area contributed by atoms with Crippen LogP contribution in [0.25, 0.3) is 0 Å². The molecule has 0 aliphatic rings. The van der Waals surface area contributed by atoms with Crippen LogP contribution in [0.2, 0.25) is 0 Å². The molecule has 1 aromatic rings. The molecule has 1 N–H and O–H groups in total. The zero-order valence-electron chi connectivity index (χ0n) is 10.2. The van der Waals surface area contributed by atoms with Crippen LogP contribution in [0, 0.1) is 0 Å². The fourth-order valence-corrected chi connectivity index (χ4v) is 2.64. The van der Waals surface area contributed by atoms with Gasteiger partial charge < -0.3 is 4.74 Å². The second-order valence-corrected chi connectivity index (χ2v) is 5.73. The van der Waals surface area contributed by atoms with Gasteiger partial charge in [-0.2, -0.15) is 0 Å². The fraction of sp³-hybridized carbons (Fsp3) is 0.500. The molecule has 1 unspecified atom stereocenters. The molecule has 0 aliphatic carbocycles. The van der Waals surface area contributed by atoms with Gasteiger partial charge in [-0.1, -0.05) is 37.3 Å². The quantitative estimate of drug-likeness (QED) is 0.809. The molecule has 0 aromatic heterocycles. The SMILES string of the molecule is CCCS(=O)(=O)NCC(OC)c1ccccc1. The first-order chi connectivity index (χ1) is 8.09. The number of benzene rings is 1. The molecule has 1 atom stereocenters. The Labute approximate surface area is 103 Å². The molecule has 0 bridgehead atoms. The Bertz CT molecular complexity index is 417. The van der Waals surface area contributed by atoms with Crippen molar-refractivity contribution in [2.24, 2.45) is 0 Å². The van der Waals surface area contributed by atoms with Crippen LogP contribution in [-0.2, 0) is 14.8 Å². The van der Waals surface area contributed by atoms with Crippen LogP contribution >= 0.6 is 0 Å². The number of ether oxygens (including phenoxy) is 1. The number of hydrogen-bond acceptors (Lipinski definition) is 3. The van der Waals surface area contributed by atoms with E-state index < -0.39 is 10.0 Å². The summed E-state index contributed by atoms with van der Waals surface area (Å²) in [6, 6.07) is 9.56. The standard InChI is InChI=1S/C12H19NO3S/c1-3-9-17(14,15)13-10-12(16-2)11-7-5-4-6-8-11/h4-8,12-13H,3,9-10H2,1-2H3. The predicted octanol–water partition coefficient (Wildman–Crippen LogP) is 1.70. The normalized spacial score (nSPS) is 13.5. The smallest absolute Gasteiger partial charge is 0.211 e. The Morgan fingerprint density at radius 1 is 1.29 bits per heavy atom. The molecule has 0 aliphatic heterocycles. The van der Waals surface area contributed by atoms with Gasteiger partial charge in [0, 0.05) is 13.7 Å². The van der Waals surface area contributed by atoms with Crippen molar-refractivity contribution in [3.05, 3.63) is 35.9 Å². The Hall–Kier alpha value is -0.910. The van der Waals surface area contributed by atoms with Gasteiger partial charge in [0.25, 0.3) is 0 Å². The third-order valence-electron chi connectivity index (χ3n) is 2.42. The van der Waals surface area contributed by atoms with Crippen molar-refractivity contribution in [1.29, 1.82) is 0 Å². The van der Waals surface area contributed by atoms with Crippen LogP contribution in [0.15, 0.2) is 30.3 Å². The average molecular weight is 257 g/mol. The maximum absolute atomic E-state index is 11.5. The van der Waals surface area contributed by atoms with Gasteiger partial charge in [0.15, 0.2) is 0 Å². The van der Waals surface area contributed by atoms with Gasteiger partial charge in [-0.05, 0) is 12.0 Å². The van der Waals surface area contributed by atoms with Crippen LogP contribution in [0.5, 0.6) is 0 Å². The number of rotatable bonds is 7. The van der Waals surface area contributed by atoms with Gasteiger partial charge >= 0.3 is 0 Å². The fourth-order valence-electron chi connectivity index (χ4n) is 1.55.